The van der Waals surface area contributed by atoms with Crippen molar-refractivity contribution in [2.45, 2.75) is 0 Å². The number of nitrogens with zero attached hydrogens (tertiary/aromatic N) is 4. The minimum Gasteiger partial charge on any atom is -0.373 e. The zero-order valence-electron chi connectivity index (χ0n) is 16.5. The van der Waals surface area contributed by atoms with Crippen LogP contribution in [0.15, 0.2) is 67.0 Å². The summed E-state index contributed by atoms with van der Waals surface area (Å²) in [5.41, 5.74) is 4.46. The van der Waals surface area contributed by atoms with Crippen molar-refractivity contribution in [2.24, 2.45) is 0 Å². The Kier molecular flexibility index (Phi) is 4.91. The van der Waals surface area contributed by atoms with Gasteiger partial charge in [0.15, 0.2) is 5.82 Å². The number of nitrogens with one attached hydrogen (secondary N) is 1. The quantitative estimate of drug-likeness (QED) is 0.574. The maximum absolute atomic E-state index is 12.1. The first-order valence-electron chi connectivity index (χ1n) is 9.29. The zero-order chi connectivity index (χ0) is 20.4. The molecule has 0 radical (unpaired) electrons. The number of pyridine rings is 1. The normalized spacial score (nSPS) is 10.7. The van der Waals surface area contributed by atoms with Crippen LogP contribution in [0.1, 0.15) is 10.4 Å². The number of carbonyl (C=O) groups is 1. The molecule has 0 atom stereocenters. The second kappa shape index (κ2) is 7.67. The summed E-state index contributed by atoms with van der Waals surface area (Å²) in [6.45, 7) is 0. The fraction of sp³-hybridized carbons (Fsp3) is 0.130. The molecule has 0 bridgehead atoms. The van der Waals surface area contributed by atoms with Gasteiger partial charge in [0.1, 0.15) is 5.82 Å². The Balaban J connectivity index is 1.75. The highest BCUT2D eigenvalue weighted by Gasteiger charge is 2.11. The molecule has 0 aliphatic carbocycles. The van der Waals surface area contributed by atoms with Gasteiger partial charge in [-0.3, -0.25) is 9.78 Å². The van der Waals surface area contributed by atoms with Crippen LogP contribution in [-0.2, 0) is 0 Å². The number of amides is 1. The first-order chi connectivity index (χ1) is 14.1. The molecule has 0 saturated heterocycles. The lowest BCUT2D eigenvalue weighted by molar-refractivity contribution is 0.0827. The summed E-state index contributed by atoms with van der Waals surface area (Å²) in [6.07, 6.45) is 3.48. The van der Waals surface area contributed by atoms with E-state index in [4.69, 9.17) is 4.98 Å². The Bertz CT molecular complexity index is 1170. The standard InChI is InChI=1S/C23H21N5O/c1-24-22-19-13-17(15-6-8-16(9-7-15)23(29)28(2)3)10-11-20(19)26-21(27-22)18-5-4-12-25-14-18/h4-14H,1-3H3,(H,24,26,27). The molecule has 1 amide bonds. The molecule has 6 nitrogen and oxygen atoms in total. The molecule has 0 spiro atoms. The van der Waals surface area contributed by atoms with Crippen molar-refractivity contribution in [3.8, 4) is 22.5 Å². The van der Waals surface area contributed by atoms with Gasteiger partial charge in [-0.05, 0) is 47.5 Å². The van der Waals surface area contributed by atoms with E-state index in [2.05, 4.69) is 21.4 Å². The fourth-order valence-corrected chi connectivity index (χ4v) is 3.19. The van der Waals surface area contributed by atoms with Gasteiger partial charge < -0.3 is 10.2 Å². The van der Waals surface area contributed by atoms with Gasteiger partial charge in [0, 0.05) is 50.0 Å². The van der Waals surface area contributed by atoms with Crippen molar-refractivity contribution in [3.05, 3.63) is 72.6 Å². The van der Waals surface area contributed by atoms with Crippen LogP contribution < -0.4 is 5.32 Å². The Labute approximate surface area is 169 Å². The van der Waals surface area contributed by atoms with Crippen LogP contribution in [0.5, 0.6) is 0 Å². The summed E-state index contributed by atoms with van der Waals surface area (Å²) in [6, 6.07) is 17.5. The predicted molar refractivity (Wildman–Crippen MR) is 116 cm³/mol. The first-order valence-corrected chi connectivity index (χ1v) is 9.29. The SMILES string of the molecule is CNc1nc(-c2cccnc2)nc2ccc(-c3ccc(C(=O)N(C)C)cc3)cc12. The highest BCUT2D eigenvalue weighted by atomic mass is 16.2. The third-order valence-electron chi connectivity index (χ3n) is 4.72. The van der Waals surface area contributed by atoms with E-state index in [1.165, 1.54) is 0 Å². The topological polar surface area (TPSA) is 71.0 Å². The molecule has 1 N–H and O–H groups in total. The van der Waals surface area contributed by atoms with Gasteiger partial charge >= 0.3 is 0 Å². The zero-order valence-corrected chi connectivity index (χ0v) is 16.5. The van der Waals surface area contributed by atoms with Crippen LogP contribution in [0.2, 0.25) is 0 Å². The van der Waals surface area contributed by atoms with Crippen LogP contribution >= 0.6 is 0 Å². The van der Waals surface area contributed by atoms with Crippen molar-refractivity contribution in [3.63, 3.8) is 0 Å². The highest BCUT2D eigenvalue weighted by Crippen LogP contribution is 2.29. The van der Waals surface area contributed by atoms with Crippen molar-refractivity contribution < 1.29 is 4.79 Å². The molecule has 0 aliphatic rings. The molecule has 144 valence electrons. The average molecular weight is 383 g/mol. The van der Waals surface area contributed by atoms with E-state index in [0.29, 0.717) is 11.4 Å². The van der Waals surface area contributed by atoms with E-state index in [-0.39, 0.29) is 5.91 Å². The van der Waals surface area contributed by atoms with Crippen molar-refractivity contribution in [2.75, 3.05) is 26.5 Å². The molecule has 2 aromatic heterocycles. The van der Waals surface area contributed by atoms with Gasteiger partial charge in [-0.15, -0.1) is 0 Å². The molecule has 0 aliphatic heterocycles. The van der Waals surface area contributed by atoms with Gasteiger partial charge in [0.05, 0.1) is 5.52 Å². The molecule has 6 heteroatoms. The monoisotopic (exact) mass is 383 g/mol. The molecular weight excluding hydrogens is 362 g/mol. The van der Waals surface area contributed by atoms with Gasteiger partial charge in [0.2, 0.25) is 0 Å². The minimum absolute atomic E-state index is 0.0103. The number of hydrogen-bond acceptors (Lipinski definition) is 5. The highest BCUT2D eigenvalue weighted by molar-refractivity contribution is 5.96. The van der Waals surface area contributed by atoms with Gasteiger partial charge in [0.25, 0.3) is 5.91 Å². The first kappa shape index (κ1) is 18.6. The Hall–Kier alpha value is -3.80. The van der Waals surface area contributed by atoms with E-state index in [1.807, 2.05) is 55.6 Å². The smallest absolute Gasteiger partial charge is 0.253 e. The van der Waals surface area contributed by atoms with Crippen LogP contribution in [0, 0.1) is 0 Å². The van der Waals surface area contributed by atoms with Crippen LogP contribution in [0.4, 0.5) is 5.82 Å². The van der Waals surface area contributed by atoms with E-state index in [9.17, 15) is 4.79 Å². The summed E-state index contributed by atoms with van der Waals surface area (Å²) in [5, 5.41) is 4.11. The van der Waals surface area contributed by atoms with E-state index in [1.54, 1.807) is 31.4 Å². The molecule has 0 saturated carbocycles. The average Bonchev–Trinajstić information content (AvgIpc) is 2.78. The summed E-state index contributed by atoms with van der Waals surface area (Å²) < 4.78 is 0. The van der Waals surface area contributed by atoms with E-state index < -0.39 is 0 Å². The second-order valence-electron chi connectivity index (χ2n) is 6.90. The molecule has 0 unspecified atom stereocenters. The van der Waals surface area contributed by atoms with Gasteiger partial charge in [-0.1, -0.05) is 18.2 Å². The lowest BCUT2D eigenvalue weighted by Gasteiger charge is -2.12. The molecular formula is C23H21N5O. The van der Waals surface area contributed by atoms with Crippen molar-refractivity contribution in [1.82, 2.24) is 19.9 Å². The number of aromatic nitrogens is 3. The summed E-state index contributed by atoms with van der Waals surface area (Å²) >= 11 is 0. The van der Waals surface area contributed by atoms with Crippen LogP contribution in [0.25, 0.3) is 33.4 Å². The molecule has 2 heterocycles. The Morgan fingerprint density at radius 1 is 0.931 bits per heavy atom. The van der Waals surface area contributed by atoms with Crippen molar-refractivity contribution in [1.29, 1.82) is 0 Å². The molecule has 29 heavy (non-hydrogen) atoms. The number of rotatable bonds is 4. The molecule has 4 rings (SSSR count). The largest absolute Gasteiger partial charge is 0.373 e. The minimum atomic E-state index is -0.0103. The molecule has 4 aromatic rings. The van der Waals surface area contributed by atoms with Crippen LogP contribution in [0.3, 0.4) is 0 Å². The Morgan fingerprint density at radius 3 is 2.34 bits per heavy atom. The third kappa shape index (κ3) is 3.65. The number of anilines is 1. The lowest BCUT2D eigenvalue weighted by Crippen LogP contribution is -2.21. The maximum atomic E-state index is 12.1. The van der Waals surface area contributed by atoms with Crippen LogP contribution in [-0.4, -0.2) is 46.9 Å². The van der Waals surface area contributed by atoms with E-state index >= 15 is 0 Å². The van der Waals surface area contributed by atoms with Gasteiger partial charge in [-0.2, -0.15) is 0 Å². The number of hydrogen-bond donors (Lipinski definition) is 1. The number of fused-ring (bicyclic) bond motifs is 1. The lowest BCUT2D eigenvalue weighted by atomic mass is 10.0. The maximum Gasteiger partial charge on any atom is 0.253 e. The predicted octanol–water partition coefficient (Wildman–Crippen LogP) is 4.10. The van der Waals surface area contributed by atoms with Crippen molar-refractivity contribution >= 4 is 22.6 Å². The van der Waals surface area contributed by atoms with Gasteiger partial charge in [-0.25, -0.2) is 9.97 Å². The molecule has 2 aromatic carbocycles. The Morgan fingerprint density at radius 2 is 1.69 bits per heavy atom. The summed E-state index contributed by atoms with van der Waals surface area (Å²) in [7, 11) is 5.35. The second-order valence-corrected chi connectivity index (χ2v) is 6.90. The summed E-state index contributed by atoms with van der Waals surface area (Å²) in [4.78, 5) is 27.2. The third-order valence-corrected chi connectivity index (χ3v) is 4.72. The fourth-order valence-electron chi connectivity index (χ4n) is 3.19. The number of benzene rings is 2. The van der Waals surface area contributed by atoms with E-state index in [0.717, 1.165) is 33.4 Å². The summed E-state index contributed by atoms with van der Waals surface area (Å²) in [5.74, 6) is 1.38. The number of carbonyl (C=O) groups excluding carboxylic acids is 1. The molecule has 0 fully saturated rings.